The summed E-state index contributed by atoms with van der Waals surface area (Å²) in [7, 11) is 0. The van der Waals surface area contributed by atoms with Crippen molar-refractivity contribution in [1.29, 1.82) is 0 Å². The smallest absolute Gasteiger partial charge is 0.259 e. The van der Waals surface area contributed by atoms with Gasteiger partial charge in [0.2, 0.25) is 0 Å². The van der Waals surface area contributed by atoms with Crippen molar-refractivity contribution >= 4 is 11.7 Å². The van der Waals surface area contributed by atoms with Crippen molar-refractivity contribution in [3.63, 3.8) is 0 Å². The zero-order valence-corrected chi connectivity index (χ0v) is 33.1. The summed E-state index contributed by atoms with van der Waals surface area (Å²) in [5.74, 6) is 3.12. The molecule has 264 valence electrons. The monoisotopic (exact) mass is 638 g/mol. The summed E-state index contributed by atoms with van der Waals surface area (Å²) in [6.45, 7) is 32.0. The van der Waals surface area contributed by atoms with Crippen LogP contribution in [0.5, 0.6) is 0 Å². The summed E-state index contributed by atoms with van der Waals surface area (Å²) in [6.07, 6.45) is 24.0. The molecule has 1 aliphatic rings. The molecule has 1 amide bonds. The molecule has 46 heavy (non-hydrogen) atoms. The first-order valence-corrected chi connectivity index (χ1v) is 18.6. The van der Waals surface area contributed by atoms with E-state index in [9.17, 15) is 9.59 Å². The Morgan fingerprint density at radius 1 is 0.717 bits per heavy atom. The molecule has 0 aliphatic carbocycles. The van der Waals surface area contributed by atoms with Crippen LogP contribution >= 0.6 is 0 Å². The van der Waals surface area contributed by atoms with Crippen molar-refractivity contribution in [2.75, 3.05) is 6.54 Å². The molecule has 0 bridgehead atoms. The largest absolute Gasteiger partial charge is 0.307 e. The van der Waals surface area contributed by atoms with Crippen molar-refractivity contribution in [3.8, 4) is 0 Å². The van der Waals surface area contributed by atoms with E-state index < -0.39 is 0 Å². The molecule has 0 spiro atoms. The van der Waals surface area contributed by atoms with Crippen molar-refractivity contribution in [1.82, 2.24) is 4.90 Å². The summed E-state index contributed by atoms with van der Waals surface area (Å²) in [6, 6.07) is 0. The maximum absolute atomic E-state index is 13.4. The van der Waals surface area contributed by atoms with E-state index in [4.69, 9.17) is 0 Å². The number of allylic oxidation sites excluding steroid dienone is 9. The highest BCUT2D eigenvalue weighted by molar-refractivity contribution is 6.16. The van der Waals surface area contributed by atoms with Gasteiger partial charge in [-0.1, -0.05) is 150 Å². The van der Waals surface area contributed by atoms with E-state index in [1.807, 2.05) is 84.9 Å². The van der Waals surface area contributed by atoms with Gasteiger partial charge in [-0.15, -0.1) is 0 Å². The molecule has 1 heterocycles. The Morgan fingerprint density at radius 2 is 1.20 bits per heavy atom. The molecule has 0 aromatic heterocycles. The fourth-order valence-electron chi connectivity index (χ4n) is 5.65. The Labute approximate surface area is 287 Å². The van der Waals surface area contributed by atoms with Gasteiger partial charge < -0.3 is 4.90 Å². The summed E-state index contributed by atoms with van der Waals surface area (Å²) in [5, 5.41) is 0. The molecule has 0 saturated carbocycles. The topological polar surface area (TPSA) is 37.4 Å². The van der Waals surface area contributed by atoms with Gasteiger partial charge in [-0.25, -0.2) is 0 Å². The second-order valence-electron chi connectivity index (χ2n) is 13.9. The first-order valence-electron chi connectivity index (χ1n) is 18.6. The Morgan fingerprint density at radius 3 is 1.65 bits per heavy atom. The van der Waals surface area contributed by atoms with Gasteiger partial charge in [0, 0.05) is 6.54 Å². The molecule has 0 radical (unpaired) electrons. The average Bonchev–Trinajstić information content (AvgIpc) is 3.30. The summed E-state index contributed by atoms with van der Waals surface area (Å²) >= 11 is 0. The molecule has 2 unspecified atom stereocenters. The van der Waals surface area contributed by atoms with Crippen molar-refractivity contribution in [2.45, 2.75) is 162 Å². The molecule has 0 saturated heterocycles. The van der Waals surface area contributed by atoms with Crippen molar-refractivity contribution in [3.05, 3.63) is 70.0 Å². The minimum Gasteiger partial charge on any atom is -0.307 e. The highest BCUT2D eigenvalue weighted by Gasteiger charge is 2.38. The van der Waals surface area contributed by atoms with Gasteiger partial charge in [0.05, 0.1) is 16.8 Å². The van der Waals surface area contributed by atoms with Gasteiger partial charge in [-0.05, 0) is 88.4 Å². The van der Waals surface area contributed by atoms with Crippen LogP contribution in [0.4, 0.5) is 0 Å². The molecular weight excluding hydrogens is 562 g/mol. The fourth-order valence-corrected chi connectivity index (χ4v) is 5.65. The Bertz CT molecular complexity index is 1060. The first kappa shape index (κ1) is 45.7. The van der Waals surface area contributed by atoms with Crippen molar-refractivity contribution < 1.29 is 9.59 Å². The lowest BCUT2D eigenvalue weighted by Gasteiger charge is -2.22. The van der Waals surface area contributed by atoms with Crippen LogP contribution in [0.25, 0.3) is 0 Å². The van der Waals surface area contributed by atoms with Gasteiger partial charge in [-0.2, -0.15) is 0 Å². The number of hydrogen-bond donors (Lipinski definition) is 0. The number of nitrogens with zero attached hydrogens (tertiary/aromatic N) is 1. The number of hydrogen-bond acceptors (Lipinski definition) is 2. The van der Waals surface area contributed by atoms with E-state index in [2.05, 4.69) is 48.5 Å². The number of Topliss-reactive ketones (excluding diaryl/α,β-unsaturated/α-hetero) is 1. The van der Waals surface area contributed by atoms with Crippen LogP contribution in [-0.2, 0) is 9.59 Å². The van der Waals surface area contributed by atoms with E-state index in [1.165, 1.54) is 51.4 Å². The second-order valence-corrected chi connectivity index (χ2v) is 13.9. The number of amides is 1. The van der Waals surface area contributed by atoms with Crippen LogP contribution in [0, 0.1) is 23.7 Å². The normalized spacial score (nSPS) is 16.7. The third-order valence-corrected chi connectivity index (χ3v) is 8.57. The summed E-state index contributed by atoms with van der Waals surface area (Å²) < 4.78 is 0. The fraction of sp³-hybridized carbons (Fsp3) is 0.674. The average molecular weight is 638 g/mol. The van der Waals surface area contributed by atoms with Gasteiger partial charge in [-0.3, -0.25) is 9.59 Å². The van der Waals surface area contributed by atoms with Crippen LogP contribution in [0.3, 0.4) is 0 Å². The van der Waals surface area contributed by atoms with E-state index in [0.29, 0.717) is 23.6 Å². The molecular formula is C43H75NO2. The molecule has 2 atom stereocenters. The molecule has 0 aromatic carbocycles. The minimum absolute atomic E-state index is 0.0696. The van der Waals surface area contributed by atoms with Crippen LogP contribution in [0.1, 0.15) is 162 Å². The number of ketones is 1. The Balaban J connectivity index is 0. The van der Waals surface area contributed by atoms with E-state index in [0.717, 1.165) is 46.6 Å². The van der Waals surface area contributed by atoms with Crippen LogP contribution in [-0.4, -0.2) is 23.1 Å². The van der Waals surface area contributed by atoms with Gasteiger partial charge in [0.25, 0.3) is 5.91 Å². The van der Waals surface area contributed by atoms with E-state index >= 15 is 0 Å². The molecule has 3 nitrogen and oxygen atoms in total. The number of carbonyl (C=O) groups excluding carboxylic acids is 2. The third kappa shape index (κ3) is 18.1. The Hall–Kier alpha value is -2.42. The summed E-state index contributed by atoms with van der Waals surface area (Å²) in [5.41, 5.74) is 4.61. The molecule has 1 aliphatic heterocycles. The molecule has 0 aromatic rings. The minimum atomic E-state index is -0.0724. The summed E-state index contributed by atoms with van der Waals surface area (Å²) in [4.78, 5) is 27.9. The highest BCUT2D eigenvalue weighted by atomic mass is 16.2. The van der Waals surface area contributed by atoms with Crippen LogP contribution in [0.15, 0.2) is 70.0 Å². The maximum Gasteiger partial charge on any atom is 0.259 e. The molecule has 1 rings (SSSR count). The lowest BCUT2D eigenvalue weighted by Crippen LogP contribution is -2.28. The van der Waals surface area contributed by atoms with Gasteiger partial charge in [0.15, 0.2) is 5.78 Å². The van der Waals surface area contributed by atoms with Gasteiger partial charge >= 0.3 is 0 Å². The third-order valence-electron chi connectivity index (χ3n) is 8.57. The first-order chi connectivity index (χ1) is 21.7. The standard InChI is InChI=1S/C25H35NO2.C16H34.C2H6/c1-9-11-13-18(5)20(7)22-23(21(8)27)24(19(6)14-12-10-2)26(25(22)28)16-15-17(3)4;1-6-9-15(4)12-8-13-16(5)11-7-10-14(2)3;1-2/h9-14,17H,15-16H2,1-8H3;14-16H,6-13H2,1-5H3;1-2H3/b11-9-,12-10-,18-13+,19-14+,22-20-;;. The lowest BCUT2D eigenvalue weighted by atomic mass is 9.92. The quantitative estimate of drug-likeness (QED) is 0.111. The van der Waals surface area contributed by atoms with E-state index in [1.54, 1.807) is 11.8 Å². The zero-order valence-electron chi connectivity index (χ0n) is 33.1. The predicted octanol–water partition coefficient (Wildman–Crippen LogP) is 13.2. The number of rotatable bonds is 18. The lowest BCUT2D eigenvalue weighted by molar-refractivity contribution is -0.124. The van der Waals surface area contributed by atoms with Crippen LogP contribution < -0.4 is 0 Å². The second kappa shape index (κ2) is 26.6. The predicted molar refractivity (Wildman–Crippen MR) is 206 cm³/mol. The molecule has 0 fully saturated rings. The number of carbonyl (C=O) groups is 2. The van der Waals surface area contributed by atoms with Crippen molar-refractivity contribution in [2.24, 2.45) is 23.7 Å². The van der Waals surface area contributed by atoms with E-state index in [-0.39, 0.29) is 11.7 Å². The maximum atomic E-state index is 13.4. The molecule has 3 heteroatoms. The van der Waals surface area contributed by atoms with Gasteiger partial charge in [0.1, 0.15) is 0 Å². The highest BCUT2D eigenvalue weighted by Crippen LogP contribution is 2.38. The molecule has 0 N–H and O–H groups in total. The zero-order chi connectivity index (χ0) is 35.8. The Kier molecular flexibility index (Phi) is 26.5. The SMILES string of the molecule is C/C=C\C=C(/C)C1=C(C(C)=O)/C(=C(C)/C(C)=C/C=C\C)C(=O)N1CCC(C)C.CC.CCCC(C)CCCC(C)CCCC(C)C. The van der Waals surface area contributed by atoms with Crippen LogP contribution in [0.2, 0.25) is 0 Å².